The minimum Gasteiger partial charge on any atom is -0.355 e. The minimum atomic E-state index is -0.271. The number of hydrogen-bond acceptors (Lipinski definition) is 8. The van der Waals surface area contributed by atoms with Gasteiger partial charge in [0.15, 0.2) is 5.82 Å². The lowest BCUT2D eigenvalue weighted by Crippen LogP contribution is -2.49. The summed E-state index contributed by atoms with van der Waals surface area (Å²) in [5.41, 5.74) is 1.28. The number of nitriles is 1. The SMILES string of the molecule is N#CB1CCC(N2CCC3(CCN(c4cncc(Nc5ncc(Cl)c(N6CCCCC6)n5)c4)C3=O)CC2)CC1. The molecule has 2 aromatic rings. The third-order valence-corrected chi connectivity index (χ3v) is 9.60. The fourth-order valence-electron chi connectivity index (χ4n) is 6.94. The second kappa shape index (κ2) is 11.3. The number of pyridine rings is 1. The van der Waals surface area contributed by atoms with Crippen molar-refractivity contribution in [1.29, 1.82) is 5.26 Å². The third kappa shape index (κ3) is 5.44. The number of anilines is 4. The van der Waals surface area contributed by atoms with E-state index < -0.39 is 0 Å². The van der Waals surface area contributed by atoms with E-state index in [9.17, 15) is 10.1 Å². The van der Waals surface area contributed by atoms with E-state index in [1.165, 1.54) is 6.42 Å². The summed E-state index contributed by atoms with van der Waals surface area (Å²) >= 11 is 6.43. The van der Waals surface area contributed by atoms with Gasteiger partial charge in [-0.25, -0.2) is 10.2 Å². The maximum absolute atomic E-state index is 13.8. The molecule has 204 valence electrons. The van der Waals surface area contributed by atoms with Crippen LogP contribution in [0.4, 0.5) is 23.1 Å². The molecule has 6 rings (SSSR count). The van der Waals surface area contributed by atoms with Gasteiger partial charge in [0.25, 0.3) is 6.71 Å². The summed E-state index contributed by atoms with van der Waals surface area (Å²) in [6, 6.07) is 2.53. The van der Waals surface area contributed by atoms with E-state index in [2.05, 4.69) is 31.1 Å². The smallest absolute Gasteiger partial charge is 0.267 e. The molecule has 1 spiro atoms. The van der Waals surface area contributed by atoms with Gasteiger partial charge in [-0.1, -0.05) is 24.2 Å². The van der Waals surface area contributed by atoms with Crippen molar-refractivity contribution in [1.82, 2.24) is 19.9 Å². The van der Waals surface area contributed by atoms with Crippen molar-refractivity contribution in [2.75, 3.05) is 47.8 Å². The van der Waals surface area contributed by atoms with E-state index in [1.807, 2.05) is 11.0 Å². The molecule has 0 unspecified atom stereocenters. The molecular formula is C28H36BClN8O. The first-order valence-electron chi connectivity index (χ1n) is 14.5. The van der Waals surface area contributed by atoms with Crippen LogP contribution in [0.5, 0.6) is 0 Å². The molecule has 0 bridgehead atoms. The van der Waals surface area contributed by atoms with E-state index in [1.54, 1.807) is 18.6 Å². The molecule has 0 aliphatic carbocycles. The van der Waals surface area contributed by atoms with Crippen LogP contribution in [-0.2, 0) is 4.79 Å². The van der Waals surface area contributed by atoms with Crippen LogP contribution in [0.2, 0.25) is 17.7 Å². The molecule has 4 aliphatic rings. The van der Waals surface area contributed by atoms with E-state index in [0.717, 1.165) is 101 Å². The van der Waals surface area contributed by atoms with Gasteiger partial charge in [0.2, 0.25) is 11.9 Å². The van der Waals surface area contributed by atoms with Crippen LogP contribution in [0.15, 0.2) is 24.7 Å². The number of likely N-dealkylation sites (tertiary alicyclic amines) is 1. The van der Waals surface area contributed by atoms with Gasteiger partial charge in [-0.05, 0) is 70.5 Å². The van der Waals surface area contributed by atoms with Crippen LogP contribution in [0.1, 0.15) is 51.4 Å². The van der Waals surface area contributed by atoms with Crippen molar-refractivity contribution in [3.63, 3.8) is 0 Å². The largest absolute Gasteiger partial charge is 0.355 e. The molecule has 6 heterocycles. The number of piperidine rings is 2. The average Bonchev–Trinajstić information content (AvgIpc) is 3.30. The molecule has 1 amide bonds. The van der Waals surface area contributed by atoms with Gasteiger partial charge in [0.1, 0.15) is 5.02 Å². The zero-order chi connectivity index (χ0) is 26.8. The van der Waals surface area contributed by atoms with Gasteiger partial charge in [0.05, 0.1) is 35.4 Å². The van der Waals surface area contributed by atoms with Crippen molar-refractivity contribution < 1.29 is 4.79 Å². The molecular weight excluding hydrogens is 511 g/mol. The summed E-state index contributed by atoms with van der Waals surface area (Å²) in [5, 5.41) is 13.0. The Hall–Kier alpha value is -2.90. The van der Waals surface area contributed by atoms with Crippen molar-refractivity contribution in [2.24, 2.45) is 5.41 Å². The van der Waals surface area contributed by atoms with E-state index >= 15 is 0 Å². The number of carbonyl (C=O) groups excluding carboxylic acids is 1. The summed E-state index contributed by atoms with van der Waals surface area (Å²) in [7, 11) is 0. The van der Waals surface area contributed by atoms with E-state index in [0.29, 0.717) is 23.6 Å². The molecule has 0 radical (unpaired) electrons. The highest BCUT2D eigenvalue weighted by atomic mass is 35.5. The van der Waals surface area contributed by atoms with Gasteiger partial charge in [-0.15, -0.1) is 0 Å². The summed E-state index contributed by atoms with van der Waals surface area (Å²) in [4.78, 5) is 34.0. The number of nitrogens with one attached hydrogen (secondary N) is 1. The fraction of sp³-hybridized carbons (Fsp3) is 0.607. The highest BCUT2D eigenvalue weighted by molar-refractivity contribution is 6.67. The predicted octanol–water partition coefficient (Wildman–Crippen LogP) is 4.80. The Morgan fingerprint density at radius 1 is 1.03 bits per heavy atom. The molecule has 11 heteroatoms. The van der Waals surface area contributed by atoms with Gasteiger partial charge in [0, 0.05) is 31.6 Å². The monoisotopic (exact) mass is 546 g/mol. The number of nitrogens with zero attached hydrogens (tertiary/aromatic N) is 7. The van der Waals surface area contributed by atoms with Gasteiger partial charge in [-0.2, -0.15) is 4.98 Å². The second-order valence-corrected chi connectivity index (χ2v) is 12.0. The minimum absolute atomic E-state index is 0.226. The second-order valence-electron chi connectivity index (χ2n) is 11.6. The van der Waals surface area contributed by atoms with E-state index in [4.69, 9.17) is 16.6 Å². The van der Waals surface area contributed by atoms with Crippen LogP contribution in [0.3, 0.4) is 0 Å². The Morgan fingerprint density at radius 2 is 1.77 bits per heavy atom. The van der Waals surface area contributed by atoms with Crippen molar-refractivity contribution in [2.45, 2.75) is 70.0 Å². The fourth-order valence-corrected chi connectivity index (χ4v) is 7.15. The number of amides is 1. The molecule has 4 saturated heterocycles. The van der Waals surface area contributed by atoms with Crippen molar-refractivity contribution in [3.05, 3.63) is 29.7 Å². The Kier molecular flexibility index (Phi) is 7.63. The summed E-state index contributed by atoms with van der Waals surface area (Å²) in [6.07, 6.45) is 15.6. The zero-order valence-corrected chi connectivity index (χ0v) is 23.2. The third-order valence-electron chi connectivity index (χ3n) is 9.34. The Morgan fingerprint density at radius 3 is 2.51 bits per heavy atom. The van der Waals surface area contributed by atoms with Crippen molar-refractivity contribution in [3.8, 4) is 5.97 Å². The standard InChI is InChI=1S/C28H36BClN8O/c30-24-19-33-27(35-25(24)37-11-2-1-3-12-37)34-21-16-23(18-32-17-21)38-15-8-28(26(38)39)6-13-36(14-7-28)22-4-9-29(20-31)10-5-22/h16-19,22H,1-15H2,(H,33,34,35). The highest BCUT2D eigenvalue weighted by Crippen LogP contribution is 2.44. The molecule has 4 fully saturated rings. The average molecular weight is 547 g/mol. The van der Waals surface area contributed by atoms with Crippen LogP contribution in [-0.4, -0.2) is 71.2 Å². The Bertz CT molecular complexity index is 1230. The summed E-state index contributed by atoms with van der Waals surface area (Å²) < 4.78 is 0. The number of aromatic nitrogens is 3. The molecule has 4 aliphatic heterocycles. The van der Waals surface area contributed by atoms with Crippen LogP contribution >= 0.6 is 11.6 Å². The summed E-state index contributed by atoms with van der Waals surface area (Å²) in [6.45, 7) is 4.78. The Labute approximate surface area is 236 Å². The molecule has 0 saturated carbocycles. The van der Waals surface area contributed by atoms with Crippen molar-refractivity contribution >= 4 is 47.4 Å². The first kappa shape index (κ1) is 26.3. The van der Waals surface area contributed by atoms with E-state index in [-0.39, 0.29) is 18.0 Å². The maximum atomic E-state index is 13.8. The number of hydrogen-bond donors (Lipinski definition) is 1. The lowest BCUT2D eigenvalue weighted by atomic mass is 9.42. The predicted molar refractivity (Wildman–Crippen MR) is 155 cm³/mol. The quantitative estimate of drug-likeness (QED) is 0.534. The molecule has 39 heavy (non-hydrogen) atoms. The number of carbonyl (C=O) groups is 1. The zero-order valence-electron chi connectivity index (χ0n) is 22.5. The number of halogens is 1. The molecule has 9 nitrogen and oxygen atoms in total. The first-order chi connectivity index (χ1) is 19.0. The molecule has 1 N–H and O–H groups in total. The molecule has 2 aromatic heterocycles. The molecule has 0 aromatic carbocycles. The lowest BCUT2D eigenvalue weighted by Gasteiger charge is -2.43. The normalized spacial score (nSPS) is 22.4. The summed E-state index contributed by atoms with van der Waals surface area (Å²) in [5.74, 6) is 3.90. The van der Waals surface area contributed by atoms with Crippen LogP contribution in [0, 0.1) is 16.6 Å². The maximum Gasteiger partial charge on any atom is 0.267 e. The van der Waals surface area contributed by atoms with Gasteiger partial charge in [-0.3, -0.25) is 9.78 Å². The Balaban J connectivity index is 1.10. The van der Waals surface area contributed by atoms with Crippen LogP contribution < -0.4 is 15.1 Å². The van der Waals surface area contributed by atoms with Gasteiger partial charge < -0.3 is 20.0 Å². The van der Waals surface area contributed by atoms with Crippen LogP contribution in [0.25, 0.3) is 0 Å². The topological polar surface area (TPSA) is 101 Å². The highest BCUT2D eigenvalue weighted by Gasteiger charge is 2.49. The lowest BCUT2D eigenvalue weighted by molar-refractivity contribution is -0.128. The first-order valence-corrected chi connectivity index (χ1v) is 14.9. The van der Waals surface area contributed by atoms with Gasteiger partial charge >= 0.3 is 0 Å². The molecule has 0 atom stereocenters. The number of rotatable bonds is 5.